The fourth-order valence-corrected chi connectivity index (χ4v) is 1.66. The molecule has 0 radical (unpaired) electrons. The molecular formula is C15H13F2NO. The van der Waals surface area contributed by atoms with Gasteiger partial charge in [-0.15, -0.1) is 0 Å². The highest BCUT2D eigenvalue weighted by Crippen LogP contribution is 2.11. The first-order valence-electron chi connectivity index (χ1n) is 5.85. The molecule has 0 aliphatic rings. The van der Waals surface area contributed by atoms with Gasteiger partial charge in [-0.1, -0.05) is 35.9 Å². The third-order valence-corrected chi connectivity index (χ3v) is 2.77. The lowest BCUT2D eigenvalue weighted by atomic mass is 10.1. The van der Waals surface area contributed by atoms with Crippen LogP contribution in [-0.2, 0) is 6.54 Å². The minimum absolute atomic E-state index is 0.273. The van der Waals surface area contributed by atoms with Gasteiger partial charge in [0.1, 0.15) is 0 Å². The fraction of sp³-hybridized carbons (Fsp3) is 0.133. The average molecular weight is 261 g/mol. The number of aryl methyl sites for hydroxylation is 1. The number of nitrogens with one attached hydrogen (secondary N) is 1. The molecule has 0 fully saturated rings. The summed E-state index contributed by atoms with van der Waals surface area (Å²) in [5.74, 6) is -2.77. The monoisotopic (exact) mass is 261 g/mol. The summed E-state index contributed by atoms with van der Waals surface area (Å²) in [4.78, 5) is 11.7. The van der Waals surface area contributed by atoms with Crippen molar-refractivity contribution in [2.45, 2.75) is 13.5 Å². The minimum Gasteiger partial charge on any atom is -0.348 e. The molecule has 0 aliphatic heterocycles. The summed E-state index contributed by atoms with van der Waals surface area (Å²) in [6, 6.07) is 11.1. The van der Waals surface area contributed by atoms with Crippen LogP contribution in [0.1, 0.15) is 21.5 Å². The molecule has 0 atom stereocenters. The molecule has 1 amide bonds. The second kappa shape index (κ2) is 5.61. The zero-order chi connectivity index (χ0) is 13.8. The van der Waals surface area contributed by atoms with Crippen molar-refractivity contribution >= 4 is 5.91 Å². The van der Waals surface area contributed by atoms with E-state index in [9.17, 15) is 13.6 Å². The quantitative estimate of drug-likeness (QED) is 0.903. The zero-order valence-corrected chi connectivity index (χ0v) is 10.4. The molecule has 0 aromatic heterocycles. The Balaban J connectivity index is 2.05. The highest BCUT2D eigenvalue weighted by Gasteiger charge is 2.14. The van der Waals surface area contributed by atoms with E-state index in [2.05, 4.69) is 5.32 Å². The van der Waals surface area contributed by atoms with Gasteiger partial charge in [0, 0.05) is 6.54 Å². The molecule has 0 heterocycles. The second-order valence-corrected chi connectivity index (χ2v) is 4.27. The first-order chi connectivity index (χ1) is 9.08. The van der Waals surface area contributed by atoms with Crippen molar-refractivity contribution in [1.29, 1.82) is 0 Å². The van der Waals surface area contributed by atoms with Crippen LogP contribution < -0.4 is 5.32 Å². The molecule has 98 valence electrons. The van der Waals surface area contributed by atoms with E-state index in [1.807, 2.05) is 31.2 Å². The van der Waals surface area contributed by atoms with Gasteiger partial charge in [-0.25, -0.2) is 8.78 Å². The molecule has 0 spiro atoms. The van der Waals surface area contributed by atoms with E-state index in [0.717, 1.165) is 17.2 Å². The lowest BCUT2D eigenvalue weighted by molar-refractivity contribution is 0.0946. The van der Waals surface area contributed by atoms with Gasteiger partial charge < -0.3 is 5.32 Å². The van der Waals surface area contributed by atoms with E-state index in [0.29, 0.717) is 0 Å². The number of halogens is 2. The van der Waals surface area contributed by atoms with Crippen LogP contribution in [0.3, 0.4) is 0 Å². The smallest absolute Gasteiger partial charge is 0.254 e. The predicted molar refractivity (Wildman–Crippen MR) is 68.7 cm³/mol. The van der Waals surface area contributed by atoms with E-state index >= 15 is 0 Å². The summed E-state index contributed by atoms with van der Waals surface area (Å²) in [5, 5.41) is 2.56. The van der Waals surface area contributed by atoms with Crippen LogP contribution in [-0.4, -0.2) is 5.91 Å². The maximum Gasteiger partial charge on any atom is 0.254 e. The molecule has 19 heavy (non-hydrogen) atoms. The van der Waals surface area contributed by atoms with Gasteiger partial charge in [0.2, 0.25) is 0 Å². The Bertz CT molecular complexity index is 594. The van der Waals surface area contributed by atoms with E-state index in [4.69, 9.17) is 0 Å². The zero-order valence-electron chi connectivity index (χ0n) is 10.4. The minimum atomic E-state index is -1.12. The normalized spacial score (nSPS) is 10.3. The summed E-state index contributed by atoms with van der Waals surface area (Å²) < 4.78 is 26.4. The number of rotatable bonds is 3. The number of benzene rings is 2. The van der Waals surface area contributed by atoms with Crippen LogP contribution in [0.2, 0.25) is 0 Å². The van der Waals surface area contributed by atoms with Crippen LogP contribution in [0.4, 0.5) is 8.78 Å². The van der Waals surface area contributed by atoms with E-state index in [-0.39, 0.29) is 12.1 Å². The predicted octanol–water partition coefficient (Wildman–Crippen LogP) is 3.20. The molecule has 4 heteroatoms. The molecule has 1 N–H and O–H groups in total. The van der Waals surface area contributed by atoms with Crippen molar-refractivity contribution in [2.24, 2.45) is 0 Å². The van der Waals surface area contributed by atoms with Crippen molar-refractivity contribution in [3.8, 4) is 0 Å². The third-order valence-electron chi connectivity index (χ3n) is 2.77. The number of amides is 1. The average Bonchev–Trinajstić information content (AvgIpc) is 2.41. The van der Waals surface area contributed by atoms with Crippen molar-refractivity contribution < 1.29 is 13.6 Å². The van der Waals surface area contributed by atoms with E-state index < -0.39 is 17.5 Å². The van der Waals surface area contributed by atoms with E-state index in [1.54, 1.807) is 0 Å². The number of carbonyl (C=O) groups excluding carboxylic acids is 1. The highest BCUT2D eigenvalue weighted by molar-refractivity contribution is 5.94. The van der Waals surface area contributed by atoms with Crippen molar-refractivity contribution in [2.75, 3.05) is 0 Å². The SMILES string of the molecule is Cc1ccc(CNC(=O)c2cccc(F)c2F)cc1. The molecule has 0 aliphatic carbocycles. The number of hydrogen-bond donors (Lipinski definition) is 1. The molecule has 0 bridgehead atoms. The van der Waals surface area contributed by atoms with Crippen LogP contribution in [0.15, 0.2) is 42.5 Å². The molecule has 0 unspecified atom stereocenters. The second-order valence-electron chi connectivity index (χ2n) is 4.27. The van der Waals surface area contributed by atoms with Crippen LogP contribution in [0.25, 0.3) is 0 Å². The molecule has 0 saturated heterocycles. The largest absolute Gasteiger partial charge is 0.348 e. The number of carbonyl (C=O) groups is 1. The third kappa shape index (κ3) is 3.16. The van der Waals surface area contributed by atoms with Gasteiger partial charge in [-0.3, -0.25) is 4.79 Å². The highest BCUT2D eigenvalue weighted by atomic mass is 19.2. The standard InChI is InChI=1S/C15H13F2NO/c1-10-5-7-11(8-6-10)9-18-15(19)12-3-2-4-13(16)14(12)17/h2-8H,9H2,1H3,(H,18,19). The first kappa shape index (κ1) is 13.2. The molecule has 2 rings (SSSR count). The Labute approximate surface area is 110 Å². The van der Waals surface area contributed by atoms with Gasteiger partial charge in [0.05, 0.1) is 5.56 Å². The Hall–Kier alpha value is -2.23. The topological polar surface area (TPSA) is 29.1 Å². The Morgan fingerprint density at radius 2 is 1.79 bits per heavy atom. The molecule has 2 nitrogen and oxygen atoms in total. The summed E-state index contributed by atoms with van der Waals surface area (Å²) in [7, 11) is 0. The molecule has 2 aromatic rings. The van der Waals surface area contributed by atoms with Crippen LogP contribution >= 0.6 is 0 Å². The summed E-state index contributed by atoms with van der Waals surface area (Å²) >= 11 is 0. The van der Waals surface area contributed by atoms with Gasteiger partial charge in [-0.05, 0) is 24.6 Å². The summed E-state index contributed by atoms with van der Waals surface area (Å²) in [5.41, 5.74) is 1.73. The fourth-order valence-electron chi connectivity index (χ4n) is 1.66. The van der Waals surface area contributed by atoms with Crippen LogP contribution in [0, 0.1) is 18.6 Å². The van der Waals surface area contributed by atoms with Crippen molar-refractivity contribution in [3.05, 3.63) is 70.8 Å². The van der Waals surface area contributed by atoms with Crippen molar-refractivity contribution in [3.63, 3.8) is 0 Å². The van der Waals surface area contributed by atoms with Gasteiger partial charge >= 0.3 is 0 Å². The lowest BCUT2D eigenvalue weighted by Gasteiger charge is -2.07. The maximum absolute atomic E-state index is 13.4. The van der Waals surface area contributed by atoms with Gasteiger partial charge in [0.15, 0.2) is 11.6 Å². The summed E-state index contributed by atoms with van der Waals surface area (Å²) in [6.45, 7) is 2.24. The van der Waals surface area contributed by atoms with E-state index in [1.165, 1.54) is 12.1 Å². The van der Waals surface area contributed by atoms with Gasteiger partial charge in [0.25, 0.3) is 5.91 Å². The van der Waals surface area contributed by atoms with Crippen LogP contribution in [0.5, 0.6) is 0 Å². The Morgan fingerprint density at radius 1 is 1.11 bits per heavy atom. The number of hydrogen-bond acceptors (Lipinski definition) is 1. The molecule has 2 aromatic carbocycles. The lowest BCUT2D eigenvalue weighted by Crippen LogP contribution is -2.24. The van der Waals surface area contributed by atoms with Crippen molar-refractivity contribution in [1.82, 2.24) is 5.32 Å². The Kier molecular flexibility index (Phi) is 3.90. The summed E-state index contributed by atoms with van der Waals surface area (Å²) in [6.07, 6.45) is 0. The molecular weight excluding hydrogens is 248 g/mol. The maximum atomic E-state index is 13.4. The first-order valence-corrected chi connectivity index (χ1v) is 5.85. The Morgan fingerprint density at radius 3 is 2.47 bits per heavy atom. The molecule has 0 saturated carbocycles. The van der Waals surface area contributed by atoms with Gasteiger partial charge in [-0.2, -0.15) is 0 Å².